The van der Waals surface area contributed by atoms with Gasteiger partial charge in [-0.1, -0.05) is 84.9 Å². The molecular formula is C30H26B2N2P2. The minimum absolute atomic E-state index is 0.858. The number of rotatable bonds is 8. The number of hydrogen-bond donors (Lipinski definition) is 2. The molecule has 0 heterocycles. The molecule has 172 valence electrons. The van der Waals surface area contributed by atoms with Crippen molar-refractivity contribution in [3.05, 3.63) is 146 Å². The summed E-state index contributed by atoms with van der Waals surface area (Å²) in [7, 11) is 12.4. The highest BCUT2D eigenvalue weighted by Crippen LogP contribution is 2.31. The van der Waals surface area contributed by atoms with Crippen LogP contribution >= 0.6 is 16.1 Å². The molecule has 0 aliphatic heterocycles. The van der Waals surface area contributed by atoms with E-state index in [1.165, 1.54) is 21.2 Å². The Kier molecular flexibility index (Phi) is 8.11. The van der Waals surface area contributed by atoms with Gasteiger partial charge in [0.15, 0.2) is 0 Å². The molecule has 0 bridgehead atoms. The molecule has 0 saturated carbocycles. The van der Waals surface area contributed by atoms with Gasteiger partial charge in [-0.15, -0.1) is 0 Å². The smallest absolute Gasteiger partial charge is 0.139 e. The quantitative estimate of drug-likeness (QED) is 0.241. The molecule has 0 spiro atoms. The largest absolute Gasteiger partial charge is 0.539 e. The summed E-state index contributed by atoms with van der Waals surface area (Å²) in [6, 6.07) is 50.5. The molecule has 6 heteroatoms. The molecule has 0 amide bonds. The summed E-state index contributed by atoms with van der Waals surface area (Å²) in [5, 5.41) is 4.88. The highest BCUT2D eigenvalue weighted by Gasteiger charge is 2.26. The van der Waals surface area contributed by atoms with Crippen LogP contribution in [-0.2, 0) is 0 Å². The molecule has 2 nitrogen and oxygen atoms in total. The summed E-state index contributed by atoms with van der Waals surface area (Å²) in [5.41, 5.74) is 2.02. The topological polar surface area (TPSA) is 8.88 Å². The fraction of sp³-hybridized carbons (Fsp3) is 0. The van der Waals surface area contributed by atoms with E-state index in [1.54, 1.807) is 0 Å². The van der Waals surface area contributed by atoms with Crippen LogP contribution in [0.25, 0.3) is 0 Å². The Balaban J connectivity index is 1.60. The van der Waals surface area contributed by atoms with Crippen molar-refractivity contribution in [3.8, 4) is 0 Å². The number of nitrogens with one attached hydrogen (secondary N) is 2. The number of hydrogen-bond acceptors (Lipinski definition) is 0. The van der Waals surface area contributed by atoms with E-state index >= 15 is 0 Å². The van der Waals surface area contributed by atoms with E-state index in [2.05, 4.69) is 121 Å². The highest BCUT2D eigenvalue weighted by atomic mass is 31.1. The van der Waals surface area contributed by atoms with Crippen molar-refractivity contribution >= 4 is 64.7 Å². The number of quaternary nitrogens is 2. The Morgan fingerprint density at radius 2 is 0.556 bits per heavy atom. The van der Waals surface area contributed by atoms with Gasteiger partial charge in [0.25, 0.3) is 0 Å². The predicted octanol–water partition coefficient (Wildman–Crippen LogP) is 2.98. The van der Waals surface area contributed by atoms with Gasteiger partial charge >= 0.3 is 0 Å². The van der Waals surface area contributed by atoms with E-state index < -0.39 is 16.1 Å². The normalized spacial score (nSPS) is 13.0. The maximum Gasteiger partial charge on any atom is 0.139 e. The van der Waals surface area contributed by atoms with Crippen LogP contribution in [0.2, 0.25) is 0 Å². The predicted molar refractivity (Wildman–Crippen MR) is 157 cm³/mol. The molecule has 0 aromatic heterocycles. The molecule has 0 fully saturated rings. The monoisotopic (exact) mass is 498 g/mol. The lowest BCUT2D eigenvalue weighted by atomic mass is 10.2. The first-order valence-corrected chi connectivity index (χ1v) is 14.6. The van der Waals surface area contributed by atoms with E-state index in [1.807, 2.05) is 24.3 Å². The Bertz CT molecular complexity index is 1190. The van der Waals surface area contributed by atoms with Crippen molar-refractivity contribution in [2.24, 2.45) is 0 Å². The molecule has 2 atom stereocenters. The molecule has 5 rings (SSSR count). The number of benzene rings is 5. The molecule has 0 saturated heterocycles. The van der Waals surface area contributed by atoms with Gasteiger partial charge in [-0.05, 0) is 48.5 Å². The third-order valence-electron chi connectivity index (χ3n) is 6.02. The average Bonchev–Trinajstić information content (AvgIpc) is 2.95. The lowest BCUT2D eigenvalue weighted by Crippen LogP contribution is -3.06. The Hall–Kier alpha value is -2.99. The van der Waals surface area contributed by atoms with Crippen molar-refractivity contribution in [1.82, 2.24) is 0 Å². The summed E-state index contributed by atoms with van der Waals surface area (Å²) < 4.78 is 1.72. The zero-order valence-electron chi connectivity index (χ0n) is 19.9. The van der Waals surface area contributed by atoms with Crippen LogP contribution in [0.1, 0.15) is 0 Å². The van der Waals surface area contributed by atoms with Gasteiger partial charge in [-0.2, -0.15) is 0 Å². The molecule has 5 aromatic rings. The lowest BCUT2D eigenvalue weighted by Gasteiger charge is -2.41. The van der Waals surface area contributed by atoms with Gasteiger partial charge in [0, 0.05) is 33.4 Å². The van der Waals surface area contributed by atoms with Gasteiger partial charge in [0.2, 0.25) is 0 Å². The van der Waals surface area contributed by atoms with E-state index in [9.17, 15) is 0 Å². The fourth-order valence-corrected chi connectivity index (χ4v) is 8.80. The summed E-state index contributed by atoms with van der Waals surface area (Å²) in [6.45, 7) is 0. The summed E-state index contributed by atoms with van der Waals surface area (Å²) in [5.74, 6) is 0. The van der Waals surface area contributed by atoms with E-state index in [0.717, 1.165) is 20.5 Å². The maximum absolute atomic E-state index is 7.10. The fourth-order valence-electron chi connectivity index (χ4n) is 4.33. The zero-order chi connectivity index (χ0) is 24.7. The van der Waals surface area contributed by atoms with E-state index in [4.69, 9.17) is 16.0 Å². The van der Waals surface area contributed by atoms with Crippen LogP contribution in [0.3, 0.4) is 0 Å². The van der Waals surface area contributed by atoms with Crippen molar-refractivity contribution < 1.29 is 9.16 Å². The first-order valence-electron chi connectivity index (χ1n) is 11.9. The van der Waals surface area contributed by atoms with Gasteiger partial charge in [0.05, 0.1) is 0 Å². The van der Waals surface area contributed by atoms with Gasteiger partial charge < -0.3 is 9.16 Å². The van der Waals surface area contributed by atoms with Gasteiger partial charge in [0.1, 0.15) is 27.5 Å². The van der Waals surface area contributed by atoms with Crippen molar-refractivity contribution in [3.63, 3.8) is 0 Å². The molecule has 36 heavy (non-hydrogen) atoms. The minimum atomic E-state index is -0.924. The van der Waals surface area contributed by atoms with Crippen LogP contribution in [0.5, 0.6) is 0 Å². The van der Waals surface area contributed by atoms with E-state index in [0.29, 0.717) is 0 Å². The maximum atomic E-state index is 7.10. The summed E-state index contributed by atoms with van der Waals surface area (Å²) in [6.07, 6.45) is 0. The van der Waals surface area contributed by atoms with Gasteiger partial charge in [-0.3, -0.25) is 0 Å². The Labute approximate surface area is 219 Å². The SMILES string of the molecule is [B-][NH+](c1ccccc1[NH+]([B-])P(c1ccccc1)c1ccccc1)P(c1ccccc1)c1ccccc1. The second kappa shape index (κ2) is 11.8. The Morgan fingerprint density at radius 1 is 0.333 bits per heavy atom. The summed E-state index contributed by atoms with van der Waals surface area (Å²) >= 11 is 0. The van der Waals surface area contributed by atoms with Crippen LogP contribution in [0, 0.1) is 0 Å². The first kappa shape index (κ1) is 24.7. The lowest BCUT2D eigenvalue weighted by molar-refractivity contribution is -0.575. The van der Waals surface area contributed by atoms with Crippen molar-refractivity contribution in [2.45, 2.75) is 0 Å². The van der Waals surface area contributed by atoms with Crippen LogP contribution in [-0.4, -0.2) is 16.0 Å². The average molecular weight is 498 g/mol. The molecule has 5 aromatic carbocycles. The highest BCUT2D eigenvalue weighted by molar-refractivity contribution is 7.68. The Morgan fingerprint density at radius 3 is 0.806 bits per heavy atom. The molecule has 0 aliphatic carbocycles. The summed E-state index contributed by atoms with van der Waals surface area (Å²) in [4.78, 5) is 0. The molecule has 6 radical (unpaired) electrons. The second-order valence-electron chi connectivity index (χ2n) is 8.33. The molecular weight excluding hydrogens is 472 g/mol. The first-order chi connectivity index (χ1) is 17.7. The van der Waals surface area contributed by atoms with Gasteiger partial charge in [-0.25, -0.2) is 16.0 Å². The van der Waals surface area contributed by atoms with Crippen molar-refractivity contribution in [2.75, 3.05) is 0 Å². The van der Waals surface area contributed by atoms with Crippen LogP contribution in [0.4, 0.5) is 11.4 Å². The van der Waals surface area contributed by atoms with E-state index in [-0.39, 0.29) is 0 Å². The second-order valence-corrected chi connectivity index (χ2v) is 12.7. The van der Waals surface area contributed by atoms with Crippen LogP contribution in [0.15, 0.2) is 146 Å². The zero-order valence-corrected chi connectivity index (χ0v) is 21.7. The van der Waals surface area contributed by atoms with Crippen molar-refractivity contribution in [1.29, 1.82) is 0 Å². The third-order valence-corrected chi connectivity index (χ3v) is 10.7. The molecule has 2 unspecified atom stereocenters. The molecule has 0 aliphatic rings. The third kappa shape index (κ3) is 5.39. The standard InChI is InChI=1S/C30H26B2N2P2/c31-33(35(25-15-5-1-6-16-25)26-17-7-2-8-18-26)29-23-13-14-24-30(29)34(32)36(27-19-9-3-10-20-27)28-21-11-4-12-22-28/h1-24,33-34H. The minimum Gasteiger partial charge on any atom is -0.539 e. The van der Waals surface area contributed by atoms with Crippen LogP contribution < -0.4 is 30.4 Å². The molecule has 2 N–H and O–H groups in total.